The first-order valence-electron chi connectivity index (χ1n) is 12.0. The van der Waals surface area contributed by atoms with Crippen molar-refractivity contribution in [1.29, 1.82) is 0 Å². The van der Waals surface area contributed by atoms with Crippen LogP contribution >= 0.6 is 11.3 Å². The van der Waals surface area contributed by atoms with Gasteiger partial charge in [0, 0.05) is 18.5 Å². The van der Waals surface area contributed by atoms with E-state index in [1.165, 1.54) is 11.9 Å². The number of benzene rings is 1. The number of thiophene rings is 1. The highest BCUT2D eigenvalue weighted by molar-refractivity contribution is 7.07. The van der Waals surface area contributed by atoms with Crippen molar-refractivity contribution in [3.05, 3.63) is 82.2 Å². The number of piperidine rings is 1. The van der Waals surface area contributed by atoms with Gasteiger partial charge >= 0.3 is 0 Å². The Labute approximate surface area is 212 Å². The zero-order chi connectivity index (χ0) is 24.5. The van der Waals surface area contributed by atoms with Crippen LogP contribution in [0.25, 0.3) is 16.7 Å². The Hall–Kier alpha value is -3.89. The standard InChI is InChI=1S/C26H26N8OS/c1-17-2-4-20(5-3-17)34-23(29-26(35)25-24-22(30-31-25)13-27-16-28-24)12-21(32-34)19-6-9-33(10-7-19)14-18-8-11-36-15-18/h2-5,8,11-13,15-16,19H,6-7,9-10,14H2,1H3,(H,29,35)(H,30,31). The summed E-state index contributed by atoms with van der Waals surface area (Å²) >= 11 is 1.75. The Bertz CT molecular complexity index is 1480. The molecule has 1 aromatic carbocycles. The smallest absolute Gasteiger partial charge is 0.279 e. The molecule has 9 nitrogen and oxygen atoms in total. The molecule has 0 aliphatic carbocycles. The van der Waals surface area contributed by atoms with Gasteiger partial charge in [0.2, 0.25) is 0 Å². The molecule has 1 amide bonds. The van der Waals surface area contributed by atoms with Gasteiger partial charge in [0.1, 0.15) is 23.2 Å². The van der Waals surface area contributed by atoms with Crippen molar-refractivity contribution in [1.82, 2.24) is 34.8 Å². The fourth-order valence-electron chi connectivity index (χ4n) is 4.70. The normalized spacial score (nSPS) is 14.9. The van der Waals surface area contributed by atoms with E-state index in [-0.39, 0.29) is 11.6 Å². The lowest BCUT2D eigenvalue weighted by Crippen LogP contribution is -2.32. The number of hydrogen-bond acceptors (Lipinski definition) is 7. The van der Waals surface area contributed by atoms with E-state index in [0.29, 0.717) is 22.8 Å². The summed E-state index contributed by atoms with van der Waals surface area (Å²) in [6.07, 6.45) is 5.08. The number of fused-ring (bicyclic) bond motifs is 1. The van der Waals surface area contributed by atoms with E-state index >= 15 is 0 Å². The lowest BCUT2D eigenvalue weighted by Gasteiger charge is -2.30. The van der Waals surface area contributed by atoms with Crippen LogP contribution in [0.2, 0.25) is 0 Å². The largest absolute Gasteiger partial charge is 0.305 e. The third kappa shape index (κ3) is 4.52. The number of aromatic nitrogens is 6. The monoisotopic (exact) mass is 498 g/mol. The van der Waals surface area contributed by atoms with Crippen LogP contribution in [0.4, 0.5) is 5.82 Å². The highest BCUT2D eigenvalue weighted by Gasteiger charge is 2.25. The van der Waals surface area contributed by atoms with Gasteiger partial charge < -0.3 is 5.32 Å². The lowest BCUT2D eigenvalue weighted by atomic mass is 9.93. The Morgan fingerprint density at radius 1 is 1.19 bits per heavy atom. The molecular weight excluding hydrogens is 472 g/mol. The van der Waals surface area contributed by atoms with Crippen LogP contribution < -0.4 is 5.32 Å². The van der Waals surface area contributed by atoms with Crippen LogP contribution in [0, 0.1) is 6.92 Å². The second kappa shape index (κ2) is 9.63. The van der Waals surface area contributed by atoms with E-state index < -0.39 is 0 Å². The van der Waals surface area contributed by atoms with Crippen LogP contribution in [0.15, 0.2) is 59.7 Å². The Balaban J connectivity index is 1.25. The van der Waals surface area contributed by atoms with E-state index in [0.717, 1.165) is 49.4 Å². The van der Waals surface area contributed by atoms with Crippen LogP contribution in [0.5, 0.6) is 0 Å². The molecule has 5 aromatic rings. The van der Waals surface area contributed by atoms with Gasteiger partial charge in [-0.1, -0.05) is 17.7 Å². The summed E-state index contributed by atoms with van der Waals surface area (Å²) in [5.74, 6) is 0.611. The van der Waals surface area contributed by atoms with Crippen molar-refractivity contribution >= 4 is 34.1 Å². The van der Waals surface area contributed by atoms with E-state index in [4.69, 9.17) is 5.10 Å². The summed E-state index contributed by atoms with van der Waals surface area (Å²) in [7, 11) is 0. The molecule has 0 spiro atoms. The second-order valence-electron chi connectivity index (χ2n) is 9.20. The Morgan fingerprint density at radius 2 is 2.03 bits per heavy atom. The molecule has 0 saturated carbocycles. The number of aromatic amines is 1. The maximum Gasteiger partial charge on any atom is 0.279 e. The fraction of sp³-hybridized carbons (Fsp3) is 0.269. The molecule has 1 aliphatic heterocycles. The minimum Gasteiger partial charge on any atom is -0.305 e. The van der Waals surface area contributed by atoms with Crippen molar-refractivity contribution in [3.63, 3.8) is 0 Å². The molecule has 0 radical (unpaired) electrons. The van der Waals surface area contributed by atoms with Crippen LogP contribution in [-0.4, -0.2) is 53.8 Å². The van der Waals surface area contributed by atoms with E-state index in [9.17, 15) is 4.79 Å². The third-order valence-corrected chi connectivity index (χ3v) is 7.41. The molecule has 36 heavy (non-hydrogen) atoms. The number of amides is 1. The number of likely N-dealkylation sites (tertiary alicyclic amines) is 1. The average molecular weight is 499 g/mol. The van der Waals surface area contributed by atoms with Gasteiger partial charge in [-0.25, -0.2) is 14.6 Å². The predicted molar refractivity (Wildman–Crippen MR) is 140 cm³/mol. The number of rotatable bonds is 6. The van der Waals surface area contributed by atoms with Crippen LogP contribution in [0.1, 0.15) is 46.1 Å². The molecule has 1 aliphatic rings. The number of H-pyrrole nitrogens is 1. The maximum atomic E-state index is 13.2. The lowest BCUT2D eigenvalue weighted by molar-refractivity contribution is 0.102. The van der Waals surface area contributed by atoms with E-state index in [2.05, 4.69) is 54.1 Å². The summed E-state index contributed by atoms with van der Waals surface area (Å²) in [5, 5.41) is 19.3. The van der Waals surface area contributed by atoms with Crippen molar-refractivity contribution in [2.45, 2.75) is 32.2 Å². The number of nitrogens with one attached hydrogen (secondary N) is 2. The minimum absolute atomic E-state index is 0.229. The van der Waals surface area contributed by atoms with Gasteiger partial charge in [-0.05, 0) is 67.4 Å². The quantitative estimate of drug-likeness (QED) is 0.356. The number of carbonyl (C=O) groups is 1. The van der Waals surface area contributed by atoms with E-state index in [1.807, 2.05) is 35.0 Å². The predicted octanol–water partition coefficient (Wildman–Crippen LogP) is 4.54. The number of carbonyl (C=O) groups excluding carboxylic acids is 1. The van der Waals surface area contributed by atoms with Gasteiger partial charge in [0.25, 0.3) is 5.91 Å². The summed E-state index contributed by atoms with van der Waals surface area (Å²) in [6, 6.07) is 12.3. The molecule has 6 rings (SSSR count). The Kier molecular flexibility index (Phi) is 6.04. The first-order valence-corrected chi connectivity index (χ1v) is 12.9. The highest BCUT2D eigenvalue weighted by atomic mass is 32.1. The topological polar surface area (TPSA) is 105 Å². The second-order valence-corrected chi connectivity index (χ2v) is 9.98. The molecule has 182 valence electrons. The van der Waals surface area contributed by atoms with Gasteiger partial charge in [-0.15, -0.1) is 0 Å². The average Bonchev–Trinajstić information content (AvgIpc) is 3.65. The minimum atomic E-state index is -0.342. The molecule has 10 heteroatoms. The van der Waals surface area contributed by atoms with Crippen molar-refractivity contribution in [3.8, 4) is 5.69 Å². The molecule has 0 atom stereocenters. The van der Waals surface area contributed by atoms with Crippen LogP contribution in [0.3, 0.4) is 0 Å². The van der Waals surface area contributed by atoms with E-state index in [1.54, 1.807) is 17.5 Å². The molecular formula is C26H26N8OS. The SMILES string of the molecule is Cc1ccc(-n2nc(C3CCN(Cc4ccsc4)CC3)cc2NC(=O)c2n[nH]c3cncnc23)cc1. The summed E-state index contributed by atoms with van der Waals surface area (Å²) in [4.78, 5) is 23.9. The summed E-state index contributed by atoms with van der Waals surface area (Å²) < 4.78 is 1.81. The van der Waals surface area contributed by atoms with Crippen molar-refractivity contribution < 1.29 is 4.79 Å². The molecule has 4 aromatic heterocycles. The zero-order valence-corrected chi connectivity index (χ0v) is 20.7. The molecule has 2 N–H and O–H groups in total. The molecule has 1 saturated heterocycles. The number of nitrogens with zero attached hydrogens (tertiary/aromatic N) is 6. The highest BCUT2D eigenvalue weighted by Crippen LogP contribution is 2.31. The first kappa shape index (κ1) is 22.6. The zero-order valence-electron chi connectivity index (χ0n) is 19.9. The number of anilines is 1. The van der Waals surface area contributed by atoms with Crippen molar-refractivity contribution in [2.75, 3.05) is 18.4 Å². The van der Waals surface area contributed by atoms with Gasteiger partial charge in [0.15, 0.2) is 5.69 Å². The Morgan fingerprint density at radius 3 is 2.81 bits per heavy atom. The fourth-order valence-corrected chi connectivity index (χ4v) is 5.36. The summed E-state index contributed by atoms with van der Waals surface area (Å²) in [5.41, 5.74) is 5.77. The maximum absolute atomic E-state index is 13.2. The molecule has 0 bridgehead atoms. The number of aryl methyl sites for hydroxylation is 1. The molecule has 1 fully saturated rings. The summed E-state index contributed by atoms with van der Waals surface area (Å²) in [6.45, 7) is 5.10. The first-order chi connectivity index (χ1) is 17.6. The van der Waals surface area contributed by atoms with Gasteiger partial charge in [0.05, 0.1) is 17.6 Å². The molecule has 5 heterocycles. The van der Waals surface area contributed by atoms with Gasteiger partial charge in [-0.3, -0.25) is 14.8 Å². The van der Waals surface area contributed by atoms with Crippen LogP contribution in [-0.2, 0) is 6.54 Å². The molecule has 0 unspecified atom stereocenters. The van der Waals surface area contributed by atoms with Gasteiger partial charge in [-0.2, -0.15) is 21.5 Å². The number of hydrogen-bond donors (Lipinski definition) is 2. The van der Waals surface area contributed by atoms with Crippen molar-refractivity contribution in [2.24, 2.45) is 0 Å². The third-order valence-electron chi connectivity index (χ3n) is 6.68.